The van der Waals surface area contributed by atoms with Gasteiger partial charge in [-0.15, -0.1) is 11.3 Å². The number of rotatable bonds is 4. The van der Waals surface area contributed by atoms with Crippen LogP contribution < -0.4 is 5.32 Å². The number of hydrogen-bond acceptors (Lipinski definition) is 6. The Labute approximate surface area is 164 Å². The maximum absolute atomic E-state index is 13.9. The highest BCUT2D eigenvalue weighted by molar-refractivity contribution is 7.15. The third-order valence-electron chi connectivity index (χ3n) is 4.23. The normalized spacial score (nSPS) is 10.8. The Hall–Kier alpha value is -3.39. The fraction of sp³-hybridized carbons (Fsp3) is 0.100. The molecule has 1 N–H and O–H groups in total. The summed E-state index contributed by atoms with van der Waals surface area (Å²) in [6, 6.07) is 7.38. The number of pyridine rings is 2. The summed E-state index contributed by atoms with van der Waals surface area (Å²) in [7, 11) is 0. The lowest BCUT2D eigenvalue weighted by molar-refractivity contribution is 0.102. The van der Waals surface area contributed by atoms with E-state index in [-0.39, 0.29) is 5.56 Å². The van der Waals surface area contributed by atoms with Gasteiger partial charge in [-0.1, -0.05) is 5.16 Å². The lowest BCUT2D eigenvalue weighted by atomic mass is 10.1. The predicted octanol–water partition coefficient (Wildman–Crippen LogP) is 4.87. The van der Waals surface area contributed by atoms with Gasteiger partial charge in [-0.25, -0.2) is 9.37 Å². The molecule has 0 aliphatic carbocycles. The van der Waals surface area contributed by atoms with Gasteiger partial charge in [0.15, 0.2) is 11.6 Å². The maximum Gasteiger partial charge on any atom is 0.260 e. The molecule has 0 fully saturated rings. The predicted molar refractivity (Wildman–Crippen MR) is 105 cm³/mol. The molecule has 6 nitrogen and oxygen atoms in total. The minimum atomic E-state index is -0.664. The van der Waals surface area contributed by atoms with E-state index in [4.69, 9.17) is 4.52 Å². The first kappa shape index (κ1) is 18.0. The molecule has 0 spiro atoms. The standard InChI is InChI=1S/C20H15FN4O2S/c1-11-8-22-10-15(21)19(11)20(26)25-18-4-3-13(9-23-18)14-7-17(28-12(14)2)16-5-6-24-27-16/h3-10H,1-2H3,(H,23,25,26). The van der Waals surface area contributed by atoms with Crippen LogP contribution >= 0.6 is 11.3 Å². The summed E-state index contributed by atoms with van der Waals surface area (Å²) in [6.07, 6.45) is 5.74. The largest absolute Gasteiger partial charge is 0.355 e. The zero-order chi connectivity index (χ0) is 19.7. The monoisotopic (exact) mass is 394 g/mol. The van der Waals surface area contributed by atoms with E-state index in [1.165, 1.54) is 6.20 Å². The van der Waals surface area contributed by atoms with E-state index in [0.29, 0.717) is 17.1 Å². The third kappa shape index (κ3) is 3.41. The van der Waals surface area contributed by atoms with Crippen molar-refractivity contribution in [3.05, 3.63) is 70.9 Å². The first-order valence-electron chi connectivity index (χ1n) is 8.42. The molecule has 0 aliphatic rings. The Morgan fingerprint density at radius 2 is 2.04 bits per heavy atom. The van der Waals surface area contributed by atoms with Crippen molar-refractivity contribution in [3.63, 3.8) is 0 Å². The van der Waals surface area contributed by atoms with Gasteiger partial charge in [0.1, 0.15) is 5.82 Å². The van der Waals surface area contributed by atoms with E-state index >= 15 is 0 Å². The van der Waals surface area contributed by atoms with Crippen LogP contribution in [0.15, 0.2) is 53.6 Å². The number of aromatic nitrogens is 3. The number of carbonyl (C=O) groups is 1. The number of nitrogens with zero attached hydrogens (tertiary/aromatic N) is 3. The van der Waals surface area contributed by atoms with Crippen molar-refractivity contribution in [2.75, 3.05) is 5.32 Å². The van der Waals surface area contributed by atoms with Crippen molar-refractivity contribution in [2.45, 2.75) is 13.8 Å². The van der Waals surface area contributed by atoms with Gasteiger partial charge in [0.05, 0.1) is 22.8 Å². The molecule has 0 saturated carbocycles. The van der Waals surface area contributed by atoms with Crippen LogP contribution in [0.4, 0.5) is 10.2 Å². The molecule has 4 heterocycles. The molecule has 0 aromatic carbocycles. The highest BCUT2D eigenvalue weighted by Gasteiger charge is 2.16. The van der Waals surface area contributed by atoms with Gasteiger partial charge >= 0.3 is 0 Å². The summed E-state index contributed by atoms with van der Waals surface area (Å²) in [5.74, 6) is -0.168. The van der Waals surface area contributed by atoms with Gasteiger partial charge in [0.25, 0.3) is 5.91 Å². The number of aryl methyl sites for hydroxylation is 2. The Morgan fingerprint density at radius 1 is 1.18 bits per heavy atom. The molecule has 0 atom stereocenters. The van der Waals surface area contributed by atoms with E-state index in [9.17, 15) is 9.18 Å². The second-order valence-corrected chi connectivity index (χ2v) is 7.41. The molecule has 0 unspecified atom stereocenters. The van der Waals surface area contributed by atoms with Gasteiger partial charge in [-0.2, -0.15) is 0 Å². The Balaban J connectivity index is 1.56. The van der Waals surface area contributed by atoms with Crippen molar-refractivity contribution in [1.29, 1.82) is 0 Å². The number of anilines is 1. The van der Waals surface area contributed by atoms with Crippen LogP contribution in [0.25, 0.3) is 21.8 Å². The molecule has 0 radical (unpaired) electrons. The van der Waals surface area contributed by atoms with Crippen LogP contribution in [0.5, 0.6) is 0 Å². The van der Waals surface area contributed by atoms with E-state index in [1.54, 1.807) is 36.7 Å². The molecule has 0 bridgehead atoms. The minimum absolute atomic E-state index is 0.0359. The lowest BCUT2D eigenvalue weighted by Gasteiger charge is -2.08. The highest BCUT2D eigenvalue weighted by atomic mass is 32.1. The highest BCUT2D eigenvalue weighted by Crippen LogP contribution is 2.36. The summed E-state index contributed by atoms with van der Waals surface area (Å²) in [6.45, 7) is 3.65. The van der Waals surface area contributed by atoms with Crippen molar-refractivity contribution in [1.82, 2.24) is 15.1 Å². The second-order valence-electron chi connectivity index (χ2n) is 6.16. The zero-order valence-corrected chi connectivity index (χ0v) is 15.9. The van der Waals surface area contributed by atoms with Gasteiger partial charge < -0.3 is 9.84 Å². The SMILES string of the molecule is Cc1cncc(F)c1C(=O)Nc1ccc(-c2cc(-c3ccno3)sc2C)cn1. The Kier molecular flexibility index (Phi) is 4.70. The van der Waals surface area contributed by atoms with Crippen LogP contribution in [0, 0.1) is 19.7 Å². The number of nitrogens with one attached hydrogen (secondary N) is 1. The number of carbonyl (C=O) groups excluding carboxylic acids is 1. The number of thiophene rings is 1. The molecule has 0 aliphatic heterocycles. The molecule has 4 rings (SSSR count). The average Bonchev–Trinajstić information content (AvgIpc) is 3.32. The Morgan fingerprint density at radius 3 is 2.71 bits per heavy atom. The first-order chi connectivity index (χ1) is 13.5. The lowest BCUT2D eigenvalue weighted by Crippen LogP contribution is -2.16. The topological polar surface area (TPSA) is 80.9 Å². The van der Waals surface area contributed by atoms with E-state index < -0.39 is 11.7 Å². The molecule has 0 saturated heterocycles. The van der Waals surface area contributed by atoms with Crippen LogP contribution in [0.1, 0.15) is 20.8 Å². The van der Waals surface area contributed by atoms with Gasteiger partial charge in [-0.05, 0) is 43.2 Å². The van der Waals surface area contributed by atoms with Gasteiger partial charge in [0, 0.05) is 28.9 Å². The van der Waals surface area contributed by atoms with Crippen LogP contribution in [0.3, 0.4) is 0 Å². The third-order valence-corrected chi connectivity index (χ3v) is 5.30. The fourth-order valence-electron chi connectivity index (χ4n) is 2.86. The number of hydrogen-bond donors (Lipinski definition) is 1. The van der Waals surface area contributed by atoms with E-state index in [1.807, 2.05) is 25.1 Å². The summed E-state index contributed by atoms with van der Waals surface area (Å²) in [5.41, 5.74) is 2.36. The summed E-state index contributed by atoms with van der Waals surface area (Å²) >= 11 is 1.60. The van der Waals surface area contributed by atoms with Crippen molar-refractivity contribution < 1.29 is 13.7 Å². The van der Waals surface area contributed by atoms with Gasteiger partial charge in [0.2, 0.25) is 0 Å². The van der Waals surface area contributed by atoms with Crippen molar-refractivity contribution >= 4 is 23.1 Å². The quantitative estimate of drug-likeness (QED) is 0.534. The molecule has 1 amide bonds. The molecule has 28 heavy (non-hydrogen) atoms. The van der Waals surface area contributed by atoms with E-state index in [0.717, 1.165) is 27.1 Å². The molecule has 4 aromatic rings. The molecular weight excluding hydrogens is 379 g/mol. The summed E-state index contributed by atoms with van der Waals surface area (Å²) in [4.78, 5) is 22.5. The van der Waals surface area contributed by atoms with Crippen LogP contribution in [-0.4, -0.2) is 21.0 Å². The van der Waals surface area contributed by atoms with E-state index in [2.05, 4.69) is 20.4 Å². The number of amides is 1. The van der Waals surface area contributed by atoms with Gasteiger partial charge in [-0.3, -0.25) is 9.78 Å². The van der Waals surface area contributed by atoms with Crippen molar-refractivity contribution in [3.8, 4) is 21.8 Å². The molecular formula is C20H15FN4O2S. The zero-order valence-electron chi connectivity index (χ0n) is 15.1. The van der Waals surface area contributed by atoms with Crippen molar-refractivity contribution in [2.24, 2.45) is 0 Å². The fourth-order valence-corrected chi connectivity index (χ4v) is 3.86. The van der Waals surface area contributed by atoms with Crippen LogP contribution in [0.2, 0.25) is 0 Å². The maximum atomic E-state index is 13.9. The summed E-state index contributed by atoms with van der Waals surface area (Å²) in [5, 5.41) is 6.36. The second kappa shape index (κ2) is 7.32. The number of halogens is 1. The first-order valence-corrected chi connectivity index (χ1v) is 9.24. The Bertz CT molecular complexity index is 1120. The summed E-state index contributed by atoms with van der Waals surface area (Å²) < 4.78 is 19.1. The molecule has 140 valence electrons. The van der Waals surface area contributed by atoms with Crippen LogP contribution in [-0.2, 0) is 0 Å². The molecule has 8 heteroatoms. The molecule has 4 aromatic heterocycles. The smallest absolute Gasteiger partial charge is 0.260 e. The average molecular weight is 394 g/mol. The minimum Gasteiger partial charge on any atom is -0.355 e.